The van der Waals surface area contributed by atoms with Gasteiger partial charge in [0.1, 0.15) is 5.75 Å². The fourth-order valence-corrected chi connectivity index (χ4v) is 3.69. The molecule has 3 rings (SSSR count). The van der Waals surface area contributed by atoms with Crippen LogP contribution in [0, 0.1) is 0 Å². The Labute approximate surface area is 165 Å². The number of nitrogens with zero attached hydrogens (tertiary/aromatic N) is 3. The lowest BCUT2D eigenvalue weighted by Crippen LogP contribution is -2.24. The van der Waals surface area contributed by atoms with E-state index in [0.29, 0.717) is 6.61 Å². The molecular weight excluding hydrogens is 358 g/mol. The lowest BCUT2D eigenvalue weighted by Gasteiger charge is -2.21. The molecule has 0 N–H and O–H groups in total. The van der Waals surface area contributed by atoms with Crippen molar-refractivity contribution >= 4 is 22.2 Å². The Morgan fingerprint density at radius 1 is 1.11 bits per heavy atom. The second kappa shape index (κ2) is 10.3. The van der Waals surface area contributed by atoms with Crippen molar-refractivity contribution in [3.8, 4) is 5.75 Å². The Hall–Kier alpha value is -2.02. The summed E-state index contributed by atoms with van der Waals surface area (Å²) >= 11 is 1.70. The zero-order valence-electron chi connectivity index (χ0n) is 16.1. The SMILES string of the molecule is CCOc1ccc2nc(CN(CCCCOC)Cc3cncs3)ccc2c1. The Kier molecular flexibility index (Phi) is 7.56. The fraction of sp³-hybridized carbons (Fsp3) is 0.429. The number of aromatic nitrogens is 2. The van der Waals surface area contributed by atoms with Crippen LogP contribution in [0.25, 0.3) is 10.9 Å². The topological polar surface area (TPSA) is 47.5 Å². The standard InChI is InChI=1S/C21H27N3O2S/c1-3-26-19-8-9-21-17(12-19)6-7-18(23-21)14-24(10-4-5-11-25-2)15-20-13-22-16-27-20/h6-9,12-13,16H,3-5,10-11,14-15H2,1-2H3. The number of methoxy groups -OCH3 is 1. The molecule has 0 bridgehead atoms. The molecule has 3 aromatic rings. The second-order valence-corrected chi connectivity index (χ2v) is 7.44. The summed E-state index contributed by atoms with van der Waals surface area (Å²) in [4.78, 5) is 12.8. The molecule has 0 aliphatic rings. The Morgan fingerprint density at radius 3 is 2.81 bits per heavy atom. The number of rotatable bonds is 11. The van der Waals surface area contributed by atoms with Gasteiger partial charge in [-0.15, -0.1) is 11.3 Å². The van der Waals surface area contributed by atoms with E-state index >= 15 is 0 Å². The van der Waals surface area contributed by atoms with Crippen LogP contribution >= 0.6 is 11.3 Å². The van der Waals surface area contributed by atoms with Gasteiger partial charge in [0.15, 0.2) is 0 Å². The molecule has 0 radical (unpaired) electrons. The predicted molar refractivity (Wildman–Crippen MR) is 110 cm³/mol. The number of hydrogen-bond acceptors (Lipinski definition) is 6. The predicted octanol–water partition coefficient (Wildman–Crippen LogP) is 4.52. The van der Waals surface area contributed by atoms with Gasteiger partial charge in [-0.3, -0.25) is 14.9 Å². The first-order valence-corrected chi connectivity index (χ1v) is 10.3. The van der Waals surface area contributed by atoms with Crippen LogP contribution in [0.4, 0.5) is 0 Å². The minimum absolute atomic E-state index is 0.673. The van der Waals surface area contributed by atoms with Crippen molar-refractivity contribution in [1.82, 2.24) is 14.9 Å². The molecule has 27 heavy (non-hydrogen) atoms. The smallest absolute Gasteiger partial charge is 0.120 e. The van der Waals surface area contributed by atoms with Gasteiger partial charge < -0.3 is 9.47 Å². The normalized spacial score (nSPS) is 11.4. The summed E-state index contributed by atoms with van der Waals surface area (Å²) in [6, 6.07) is 10.3. The monoisotopic (exact) mass is 385 g/mol. The highest BCUT2D eigenvalue weighted by Gasteiger charge is 2.10. The van der Waals surface area contributed by atoms with Gasteiger partial charge in [0.05, 0.1) is 23.3 Å². The van der Waals surface area contributed by atoms with Crippen LogP contribution in [-0.4, -0.2) is 41.7 Å². The van der Waals surface area contributed by atoms with Gasteiger partial charge in [-0.1, -0.05) is 6.07 Å². The average molecular weight is 386 g/mol. The number of fused-ring (bicyclic) bond motifs is 1. The summed E-state index contributed by atoms with van der Waals surface area (Å²) in [7, 11) is 1.76. The quantitative estimate of drug-likeness (QED) is 0.454. The van der Waals surface area contributed by atoms with Gasteiger partial charge in [0.25, 0.3) is 0 Å². The zero-order chi connectivity index (χ0) is 18.9. The third kappa shape index (κ3) is 5.99. The molecule has 0 fully saturated rings. The Bertz CT molecular complexity index is 823. The number of thiazole rings is 1. The highest BCUT2D eigenvalue weighted by atomic mass is 32.1. The maximum atomic E-state index is 5.58. The molecule has 0 amide bonds. The van der Waals surface area contributed by atoms with Crippen molar-refractivity contribution in [3.05, 3.63) is 52.6 Å². The Balaban J connectivity index is 1.70. The van der Waals surface area contributed by atoms with Crippen LogP contribution < -0.4 is 4.74 Å². The first kappa shape index (κ1) is 19.7. The maximum Gasteiger partial charge on any atom is 0.120 e. The van der Waals surface area contributed by atoms with Gasteiger partial charge in [0.2, 0.25) is 0 Å². The molecule has 0 aliphatic heterocycles. The summed E-state index contributed by atoms with van der Waals surface area (Å²) in [5, 5.41) is 1.11. The summed E-state index contributed by atoms with van der Waals surface area (Å²) < 4.78 is 10.8. The minimum atomic E-state index is 0.673. The molecule has 0 saturated heterocycles. The highest BCUT2D eigenvalue weighted by Crippen LogP contribution is 2.21. The van der Waals surface area contributed by atoms with E-state index in [-0.39, 0.29) is 0 Å². The molecule has 5 nitrogen and oxygen atoms in total. The average Bonchev–Trinajstić information content (AvgIpc) is 3.18. The molecule has 6 heteroatoms. The van der Waals surface area contributed by atoms with Gasteiger partial charge in [-0.2, -0.15) is 0 Å². The molecule has 0 saturated carbocycles. The molecular formula is C21H27N3O2S. The molecule has 144 valence electrons. The first-order chi connectivity index (χ1) is 13.3. The minimum Gasteiger partial charge on any atom is -0.494 e. The lowest BCUT2D eigenvalue weighted by molar-refractivity contribution is 0.181. The molecule has 0 unspecified atom stereocenters. The van der Waals surface area contributed by atoms with Gasteiger partial charge in [0, 0.05) is 43.3 Å². The Morgan fingerprint density at radius 2 is 2.04 bits per heavy atom. The summed E-state index contributed by atoms with van der Waals surface area (Å²) in [6.07, 6.45) is 4.13. The second-order valence-electron chi connectivity index (χ2n) is 6.47. The van der Waals surface area contributed by atoms with E-state index in [4.69, 9.17) is 14.5 Å². The third-order valence-corrected chi connectivity index (χ3v) is 5.12. The van der Waals surface area contributed by atoms with Crippen molar-refractivity contribution in [2.45, 2.75) is 32.9 Å². The van der Waals surface area contributed by atoms with Gasteiger partial charge in [-0.25, -0.2) is 0 Å². The van der Waals surface area contributed by atoms with Crippen molar-refractivity contribution in [1.29, 1.82) is 0 Å². The van der Waals surface area contributed by atoms with Crippen molar-refractivity contribution in [2.24, 2.45) is 0 Å². The number of benzene rings is 1. The zero-order valence-corrected chi connectivity index (χ0v) is 16.9. The van der Waals surface area contributed by atoms with Crippen LogP contribution in [0.5, 0.6) is 5.75 Å². The van der Waals surface area contributed by atoms with Crippen molar-refractivity contribution in [3.63, 3.8) is 0 Å². The van der Waals surface area contributed by atoms with Crippen LogP contribution in [-0.2, 0) is 17.8 Å². The molecule has 2 aromatic heterocycles. The van der Waals surface area contributed by atoms with E-state index in [2.05, 4.69) is 28.1 Å². The van der Waals surface area contributed by atoms with Crippen molar-refractivity contribution < 1.29 is 9.47 Å². The van der Waals surface area contributed by atoms with Crippen molar-refractivity contribution in [2.75, 3.05) is 26.9 Å². The van der Waals surface area contributed by atoms with Crippen LogP contribution in [0.2, 0.25) is 0 Å². The molecule has 0 atom stereocenters. The number of unbranched alkanes of at least 4 members (excludes halogenated alkanes) is 1. The number of hydrogen-bond donors (Lipinski definition) is 0. The van der Waals surface area contributed by atoms with E-state index in [1.54, 1.807) is 18.4 Å². The summed E-state index contributed by atoms with van der Waals surface area (Å²) in [5.74, 6) is 0.893. The molecule has 2 heterocycles. The number of ether oxygens (including phenoxy) is 2. The van der Waals surface area contributed by atoms with E-state index < -0.39 is 0 Å². The van der Waals surface area contributed by atoms with E-state index in [1.165, 1.54) is 4.88 Å². The maximum absolute atomic E-state index is 5.58. The van der Waals surface area contributed by atoms with E-state index in [9.17, 15) is 0 Å². The molecule has 0 spiro atoms. The first-order valence-electron chi connectivity index (χ1n) is 9.39. The summed E-state index contributed by atoms with van der Waals surface area (Å²) in [6.45, 7) is 6.23. The van der Waals surface area contributed by atoms with Gasteiger partial charge in [-0.05, 0) is 50.6 Å². The van der Waals surface area contributed by atoms with Crippen LogP contribution in [0.3, 0.4) is 0 Å². The van der Waals surface area contributed by atoms with E-state index in [0.717, 1.165) is 61.4 Å². The molecule has 0 aliphatic carbocycles. The van der Waals surface area contributed by atoms with Crippen LogP contribution in [0.1, 0.15) is 30.3 Å². The van der Waals surface area contributed by atoms with Crippen LogP contribution in [0.15, 0.2) is 42.0 Å². The van der Waals surface area contributed by atoms with E-state index in [1.807, 2.05) is 30.8 Å². The number of pyridine rings is 1. The molecule has 1 aromatic carbocycles. The fourth-order valence-electron chi connectivity index (χ4n) is 3.06. The van der Waals surface area contributed by atoms with Gasteiger partial charge >= 0.3 is 0 Å². The largest absolute Gasteiger partial charge is 0.494 e. The lowest BCUT2D eigenvalue weighted by atomic mass is 10.2. The summed E-state index contributed by atoms with van der Waals surface area (Å²) in [5.41, 5.74) is 3.99. The third-order valence-electron chi connectivity index (χ3n) is 4.35. The highest BCUT2D eigenvalue weighted by molar-refractivity contribution is 7.09.